The zero-order valence-corrected chi connectivity index (χ0v) is 5.52. The summed E-state index contributed by atoms with van der Waals surface area (Å²) in [5.74, 6) is -0.359. The highest BCUT2D eigenvalue weighted by Crippen LogP contribution is 2.01. The van der Waals surface area contributed by atoms with Gasteiger partial charge in [-0.1, -0.05) is 6.07 Å². The third-order valence-corrected chi connectivity index (χ3v) is 1.50. The molecule has 11 heavy (non-hydrogen) atoms. The van der Waals surface area contributed by atoms with E-state index < -0.39 is 0 Å². The van der Waals surface area contributed by atoms with Crippen molar-refractivity contribution in [3.05, 3.63) is 34.2 Å². The predicted molar refractivity (Wildman–Crippen MR) is 38.9 cm³/mol. The van der Waals surface area contributed by atoms with E-state index in [-0.39, 0.29) is 11.5 Å². The number of hydrogen-bond acceptors (Lipinski definition) is 2. The van der Waals surface area contributed by atoms with E-state index in [1.54, 1.807) is 12.1 Å². The predicted octanol–water partition coefficient (Wildman–Crippen LogP) is -0.122. The topological polar surface area (TPSA) is 51.4 Å². The lowest BCUT2D eigenvalue weighted by Crippen LogP contribution is -2.18. The summed E-state index contributed by atoms with van der Waals surface area (Å²) in [5, 5.41) is 0. The van der Waals surface area contributed by atoms with Crippen LogP contribution in [0.5, 0.6) is 0 Å². The van der Waals surface area contributed by atoms with Crippen LogP contribution >= 0.6 is 0 Å². The van der Waals surface area contributed by atoms with Crippen LogP contribution in [0.25, 0.3) is 0 Å². The minimum Gasteiger partial charge on any atom is -0.269 e. The van der Waals surface area contributed by atoms with Gasteiger partial charge < -0.3 is 0 Å². The van der Waals surface area contributed by atoms with E-state index in [2.05, 4.69) is 4.99 Å². The molecule has 1 amide bonds. The second kappa shape index (κ2) is 1.88. The first-order chi connectivity index (χ1) is 5.29. The highest BCUT2D eigenvalue weighted by molar-refractivity contribution is 6.03. The highest BCUT2D eigenvalue weighted by Gasteiger charge is 2.14. The zero-order chi connectivity index (χ0) is 7.84. The number of fused-ring (bicyclic) bond motifs is 1. The minimum absolute atomic E-state index is 0.225. The fraction of sp³-hybridized carbons (Fsp3) is 0. The molecule has 0 aromatic carbocycles. The molecule has 1 aromatic heterocycles. The maximum absolute atomic E-state index is 11.0. The van der Waals surface area contributed by atoms with Crippen LogP contribution in [0.3, 0.4) is 0 Å². The molecule has 0 N–H and O–H groups in total. The first-order valence-corrected chi connectivity index (χ1v) is 3.09. The molecule has 0 saturated heterocycles. The molecular weight excluding hydrogens is 144 g/mol. The lowest BCUT2D eigenvalue weighted by molar-refractivity contribution is 0.100. The molecule has 0 saturated carbocycles. The Morgan fingerprint density at radius 2 is 2.09 bits per heavy atom. The molecule has 0 radical (unpaired) electrons. The zero-order valence-electron chi connectivity index (χ0n) is 5.52. The van der Waals surface area contributed by atoms with Crippen molar-refractivity contribution in [1.82, 2.24) is 4.57 Å². The maximum Gasteiger partial charge on any atom is 0.295 e. The first kappa shape index (κ1) is 6.03. The lowest BCUT2D eigenvalue weighted by Gasteiger charge is -1.93. The summed E-state index contributed by atoms with van der Waals surface area (Å²) >= 11 is 0. The Bertz CT molecular complexity index is 403. The number of pyridine rings is 1. The Labute approximate surface area is 61.8 Å². The SMILES string of the molecule is O=C1N=Cn2c1cccc2=O. The van der Waals surface area contributed by atoms with Crippen molar-refractivity contribution in [2.75, 3.05) is 0 Å². The Hall–Kier alpha value is -1.71. The summed E-state index contributed by atoms with van der Waals surface area (Å²) in [7, 11) is 0. The monoisotopic (exact) mass is 148 g/mol. The Morgan fingerprint density at radius 1 is 1.27 bits per heavy atom. The molecule has 1 aromatic rings. The number of carbonyl (C=O) groups excluding carboxylic acids is 1. The van der Waals surface area contributed by atoms with Crippen molar-refractivity contribution in [2.45, 2.75) is 0 Å². The van der Waals surface area contributed by atoms with Gasteiger partial charge in [0.2, 0.25) is 0 Å². The van der Waals surface area contributed by atoms with E-state index in [0.717, 1.165) is 0 Å². The summed E-state index contributed by atoms with van der Waals surface area (Å²) in [4.78, 5) is 25.3. The minimum atomic E-state index is -0.359. The third-order valence-electron chi connectivity index (χ3n) is 1.50. The number of rotatable bonds is 0. The van der Waals surface area contributed by atoms with Crippen LogP contribution in [0, 0.1) is 0 Å². The van der Waals surface area contributed by atoms with E-state index in [9.17, 15) is 9.59 Å². The van der Waals surface area contributed by atoms with Crippen molar-refractivity contribution in [3.63, 3.8) is 0 Å². The Morgan fingerprint density at radius 3 is 2.82 bits per heavy atom. The molecular formula is C7H4N2O2. The highest BCUT2D eigenvalue weighted by atomic mass is 16.2. The number of nitrogens with zero attached hydrogens (tertiary/aromatic N) is 2. The van der Waals surface area contributed by atoms with Gasteiger partial charge in [-0.05, 0) is 6.07 Å². The molecule has 1 aliphatic heterocycles. The molecule has 0 bridgehead atoms. The van der Waals surface area contributed by atoms with Gasteiger partial charge in [0, 0.05) is 6.07 Å². The number of carbonyl (C=O) groups is 1. The van der Waals surface area contributed by atoms with Crippen molar-refractivity contribution in [2.24, 2.45) is 4.99 Å². The molecule has 0 atom stereocenters. The van der Waals surface area contributed by atoms with Crippen molar-refractivity contribution in [3.8, 4) is 0 Å². The Kier molecular flexibility index (Phi) is 1.03. The van der Waals surface area contributed by atoms with Gasteiger partial charge in [-0.2, -0.15) is 4.99 Å². The average molecular weight is 148 g/mol. The lowest BCUT2D eigenvalue weighted by atomic mass is 10.3. The van der Waals surface area contributed by atoms with E-state index in [1.165, 1.54) is 17.0 Å². The molecule has 4 nitrogen and oxygen atoms in total. The van der Waals surface area contributed by atoms with Gasteiger partial charge in [-0.15, -0.1) is 0 Å². The van der Waals surface area contributed by atoms with Crippen LogP contribution in [0.4, 0.5) is 0 Å². The summed E-state index contributed by atoms with van der Waals surface area (Å²) < 4.78 is 1.22. The van der Waals surface area contributed by atoms with E-state index in [4.69, 9.17) is 0 Å². The normalized spacial score (nSPS) is 13.6. The average Bonchev–Trinajstić information content (AvgIpc) is 2.35. The smallest absolute Gasteiger partial charge is 0.269 e. The molecule has 0 aliphatic carbocycles. The van der Waals surface area contributed by atoms with Gasteiger partial charge >= 0.3 is 0 Å². The van der Waals surface area contributed by atoms with Crippen molar-refractivity contribution in [1.29, 1.82) is 0 Å². The molecule has 0 fully saturated rings. The summed E-state index contributed by atoms with van der Waals surface area (Å²) in [5.41, 5.74) is 0.106. The molecule has 0 unspecified atom stereocenters. The second-order valence-corrected chi connectivity index (χ2v) is 2.17. The quantitative estimate of drug-likeness (QED) is 0.515. The summed E-state index contributed by atoms with van der Waals surface area (Å²) in [6.45, 7) is 0. The van der Waals surface area contributed by atoms with Crippen LogP contribution in [-0.4, -0.2) is 16.8 Å². The van der Waals surface area contributed by atoms with Gasteiger partial charge in [0.15, 0.2) is 0 Å². The van der Waals surface area contributed by atoms with Gasteiger partial charge in [-0.3, -0.25) is 14.2 Å². The maximum atomic E-state index is 11.0. The number of aliphatic imine (C=N–C) groups is 1. The molecule has 2 rings (SSSR count). The van der Waals surface area contributed by atoms with Crippen LogP contribution in [0.15, 0.2) is 28.0 Å². The first-order valence-electron chi connectivity index (χ1n) is 3.09. The van der Waals surface area contributed by atoms with Gasteiger partial charge in [-0.25, -0.2) is 0 Å². The van der Waals surface area contributed by atoms with E-state index in [1.807, 2.05) is 0 Å². The Balaban J connectivity index is 2.84. The van der Waals surface area contributed by atoms with Crippen LogP contribution in [0.2, 0.25) is 0 Å². The molecule has 1 aliphatic rings. The number of hydrogen-bond donors (Lipinski definition) is 0. The molecule has 0 spiro atoms. The van der Waals surface area contributed by atoms with Gasteiger partial charge in [0.1, 0.15) is 12.0 Å². The number of aromatic nitrogens is 1. The third kappa shape index (κ3) is 0.724. The van der Waals surface area contributed by atoms with Gasteiger partial charge in [0.05, 0.1) is 0 Å². The number of amides is 1. The summed E-state index contributed by atoms with van der Waals surface area (Å²) in [6, 6.07) is 4.49. The molecule has 54 valence electrons. The molecule has 4 heteroatoms. The van der Waals surface area contributed by atoms with Crippen molar-refractivity contribution >= 4 is 12.2 Å². The second-order valence-electron chi connectivity index (χ2n) is 2.17. The standard InChI is InChI=1S/C7H4N2O2/c10-6-3-1-2-5-7(11)8-4-9(5)6/h1-4H. The van der Waals surface area contributed by atoms with E-state index in [0.29, 0.717) is 5.69 Å². The fourth-order valence-electron chi connectivity index (χ4n) is 0.971. The van der Waals surface area contributed by atoms with Crippen LogP contribution in [0.1, 0.15) is 10.5 Å². The largest absolute Gasteiger partial charge is 0.295 e. The molecule has 2 heterocycles. The van der Waals surface area contributed by atoms with Crippen LogP contribution in [-0.2, 0) is 0 Å². The fourth-order valence-corrected chi connectivity index (χ4v) is 0.971. The van der Waals surface area contributed by atoms with Gasteiger partial charge in [0.25, 0.3) is 11.5 Å². The van der Waals surface area contributed by atoms with Crippen molar-refractivity contribution < 1.29 is 4.79 Å². The van der Waals surface area contributed by atoms with Crippen LogP contribution < -0.4 is 5.56 Å². The summed E-state index contributed by atoms with van der Waals surface area (Å²) in [6.07, 6.45) is 1.24. The van der Waals surface area contributed by atoms with E-state index >= 15 is 0 Å².